The van der Waals surface area contributed by atoms with Crippen molar-refractivity contribution in [3.63, 3.8) is 0 Å². The number of aromatic nitrogens is 2. The maximum absolute atomic E-state index is 13.8. The van der Waals surface area contributed by atoms with E-state index in [1.165, 1.54) is 0 Å². The van der Waals surface area contributed by atoms with Crippen LogP contribution in [0.5, 0.6) is 0 Å². The summed E-state index contributed by atoms with van der Waals surface area (Å²) >= 11 is 0. The number of nitrogens with one attached hydrogen (secondary N) is 1. The Bertz CT molecular complexity index is 472. The predicted molar refractivity (Wildman–Crippen MR) is 75.5 cm³/mol. The molecule has 1 heterocycles. The van der Waals surface area contributed by atoms with E-state index in [-0.39, 0.29) is 5.82 Å². The molecule has 20 heavy (non-hydrogen) atoms. The molecule has 0 aliphatic heterocycles. The van der Waals surface area contributed by atoms with E-state index in [4.69, 9.17) is 10.6 Å². The Labute approximate surface area is 119 Å². The maximum Gasteiger partial charge on any atom is 0.187 e. The van der Waals surface area contributed by atoms with Crippen molar-refractivity contribution in [3.8, 4) is 0 Å². The second-order valence-corrected chi connectivity index (χ2v) is 5.55. The molecular formula is C14H23FN4O. The Morgan fingerprint density at radius 3 is 2.60 bits per heavy atom. The summed E-state index contributed by atoms with van der Waals surface area (Å²) < 4.78 is 19.8. The lowest BCUT2D eigenvalue weighted by molar-refractivity contribution is -0.0838. The molecule has 0 spiro atoms. The molecule has 1 aromatic heterocycles. The first kappa shape index (κ1) is 15.1. The summed E-state index contributed by atoms with van der Waals surface area (Å²) in [7, 11) is 0. The normalized spacial score (nSPS) is 26.6. The number of hydrazine groups is 1. The second kappa shape index (κ2) is 6.01. The molecule has 6 heteroatoms. The van der Waals surface area contributed by atoms with Crippen molar-refractivity contribution in [1.29, 1.82) is 0 Å². The number of halogens is 1. The third-order valence-corrected chi connectivity index (χ3v) is 4.06. The van der Waals surface area contributed by atoms with Crippen LogP contribution >= 0.6 is 0 Å². The van der Waals surface area contributed by atoms with Crippen LogP contribution < -0.4 is 11.3 Å². The van der Waals surface area contributed by atoms with Gasteiger partial charge in [0.15, 0.2) is 17.5 Å². The molecule has 1 aliphatic rings. The van der Waals surface area contributed by atoms with Gasteiger partial charge in [0.05, 0.1) is 5.69 Å². The van der Waals surface area contributed by atoms with Crippen LogP contribution in [-0.2, 0) is 10.3 Å². The highest BCUT2D eigenvalue weighted by Gasteiger charge is 2.40. The molecule has 0 atom stereocenters. The molecule has 112 valence electrons. The molecule has 0 amide bonds. The number of ether oxygens (including phenoxy) is 1. The Morgan fingerprint density at radius 1 is 1.40 bits per heavy atom. The Balaban J connectivity index is 2.41. The van der Waals surface area contributed by atoms with Gasteiger partial charge in [-0.1, -0.05) is 6.92 Å². The SMILES string of the molecule is CCOC1(c2nc(C)c(F)c(NN)n2)CCC(C)CC1. The van der Waals surface area contributed by atoms with Gasteiger partial charge >= 0.3 is 0 Å². The summed E-state index contributed by atoms with van der Waals surface area (Å²) in [5.41, 5.74) is 2.09. The third-order valence-electron chi connectivity index (χ3n) is 4.06. The van der Waals surface area contributed by atoms with Crippen LogP contribution in [0.4, 0.5) is 10.2 Å². The molecule has 0 aromatic carbocycles. The predicted octanol–water partition coefficient (Wildman–Crippen LogP) is 2.65. The van der Waals surface area contributed by atoms with Gasteiger partial charge < -0.3 is 10.2 Å². The number of aryl methyl sites for hydroxylation is 1. The highest BCUT2D eigenvalue weighted by Crippen LogP contribution is 2.41. The largest absolute Gasteiger partial charge is 0.367 e. The van der Waals surface area contributed by atoms with Crippen molar-refractivity contribution in [2.45, 2.75) is 52.1 Å². The fourth-order valence-corrected chi connectivity index (χ4v) is 2.80. The second-order valence-electron chi connectivity index (χ2n) is 5.55. The van der Waals surface area contributed by atoms with Gasteiger partial charge in [0.2, 0.25) is 0 Å². The molecule has 0 unspecified atom stereocenters. The quantitative estimate of drug-likeness (QED) is 0.656. The zero-order chi connectivity index (χ0) is 14.8. The summed E-state index contributed by atoms with van der Waals surface area (Å²) in [4.78, 5) is 8.56. The molecule has 1 aliphatic carbocycles. The fourth-order valence-electron chi connectivity index (χ4n) is 2.80. The molecule has 0 saturated heterocycles. The van der Waals surface area contributed by atoms with Crippen molar-refractivity contribution >= 4 is 5.82 Å². The lowest BCUT2D eigenvalue weighted by Crippen LogP contribution is -2.37. The van der Waals surface area contributed by atoms with Gasteiger partial charge in [0.25, 0.3) is 0 Å². The first-order valence-corrected chi connectivity index (χ1v) is 7.17. The Kier molecular flexibility index (Phi) is 4.55. The van der Waals surface area contributed by atoms with Crippen LogP contribution in [0.3, 0.4) is 0 Å². The molecule has 3 N–H and O–H groups in total. The lowest BCUT2D eigenvalue weighted by Gasteiger charge is -2.38. The number of nitrogens with zero attached hydrogens (tertiary/aromatic N) is 2. The van der Waals surface area contributed by atoms with Gasteiger partial charge in [-0.2, -0.15) is 0 Å². The number of nitrogen functional groups attached to an aromatic ring is 1. The standard InChI is InChI=1S/C14H23FN4O/c1-4-20-14(7-5-9(2)6-8-14)13-17-10(3)11(15)12(18-13)19-16/h9H,4-8,16H2,1-3H3,(H,17,18,19). The topological polar surface area (TPSA) is 73.1 Å². The van der Waals surface area contributed by atoms with Gasteiger partial charge in [-0.25, -0.2) is 20.2 Å². The molecule has 2 rings (SSSR count). The van der Waals surface area contributed by atoms with Crippen LogP contribution in [0.25, 0.3) is 0 Å². The molecule has 0 bridgehead atoms. The van der Waals surface area contributed by atoms with E-state index in [1.54, 1.807) is 6.92 Å². The zero-order valence-electron chi connectivity index (χ0n) is 12.4. The van der Waals surface area contributed by atoms with Crippen LogP contribution in [0, 0.1) is 18.7 Å². The first-order valence-electron chi connectivity index (χ1n) is 7.17. The van der Waals surface area contributed by atoms with Crippen molar-refractivity contribution in [1.82, 2.24) is 9.97 Å². The highest BCUT2D eigenvalue weighted by atomic mass is 19.1. The van der Waals surface area contributed by atoms with E-state index in [0.29, 0.717) is 24.0 Å². The van der Waals surface area contributed by atoms with E-state index >= 15 is 0 Å². The molecule has 5 nitrogen and oxygen atoms in total. The van der Waals surface area contributed by atoms with Gasteiger partial charge in [-0.05, 0) is 45.4 Å². The Hall–Kier alpha value is -1.27. The van der Waals surface area contributed by atoms with Crippen molar-refractivity contribution < 1.29 is 9.13 Å². The first-order chi connectivity index (χ1) is 9.52. The average molecular weight is 282 g/mol. The summed E-state index contributed by atoms with van der Waals surface area (Å²) in [6.45, 7) is 6.39. The van der Waals surface area contributed by atoms with E-state index in [9.17, 15) is 4.39 Å². The summed E-state index contributed by atoms with van der Waals surface area (Å²) in [6, 6.07) is 0. The third kappa shape index (κ3) is 2.76. The molecule has 1 fully saturated rings. The van der Waals surface area contributed by atoms with Crippen LogP contribution in [0.2, 0.25) is 0 Å². The summed E-state index contributed by atoms with van der Waals surface area (Å²) in [5.74, 6) is 6.08. The Morgan fingerprint density at radius 2 is 2.05 bits per heavy atom. The van der Waals surface area contributed by atoms with Crippen LogP contribution in [0.15, 0.2) is 0 Å². The van der Waals surface area contributed by atoms with Gasteiger partial charge in [-0.3, -0.25) is 0 Å². The van der Waals surface area contributed by atoms with Gasteiger partial charge in [0.1, 0.15) is 5.60 Å². The van der Waals surface area contributed by atoms with Crippen molar-refractivity contribution in [2.24, 2.45) is 11.8 Å². The minimum absolute atomic E-state index is 0.0326. The van der Waals surface area contributed by atoms with E-state index in [1.807, 2.05) is 6.92 Å². The van der Waals surface area contributed by atoms with E-state index in [0.717, 1.165) is 25.7 Å². The minimum atomic E-state index is -0.509. The summed E-state index contributed by atoms with van der Waals surface area (Å²) in [6.07, 6.45) is 3.84. The van der Waals surface area contributed by atoms with Crippen molar-refractivity contribution in [2.75, 3.05) is 12.0 Å². The molecule has 0 radical (unpaired) electrons. The van der Waals surface area contributed by atoms with Crippen molar-refractivity contribution in [3.05, 3.63) is 17.3 Å². The van der Waals surface area contributed by atoms with Gasteiger partial charge in [0, 0.05) is 6.61 Å². The smallest absolute Gasteiger partial charge is 0.187 e. The number of hydrogen-bond acceptors (Lipinski definition) is 5. The van der Waals surface area contributed by atoms with Crippen LogP contribution in [-0.4, -0.2) is 16.6 Å². The average Bonchev–Trinajstić information content (AvgIpc) is 2.44. The maximum atomic E-state index is 13.8. The lowest BCUT2D eigenvalue weighted by atomic mass is 9.78. The zero-order valence-corrected chi connectivity index (χ0v) is 12.4. The number of nitrogens with two attached hydrogens (primary N) is 1. The van der Waals surface area contributed by atoms with E-state index < -0.39 is 11.4 Å². The minimum Gasteiger partial charge on any atom is -0.367 e. The number of anilines is 1. The molecule has 1 saturated carbocycles. The van der Waals surface area contributed by atoms with E-state index in [2.05, 4.69) is 22.3 Å². The molecular weight excluding hydrogens is 259 g/mol. The highest BCUT2D eigenvalue weighted by molar-refractivity contribution is 5.37. The van der Waals surface area contributed by atoms with Crippen LogP contribution in [0.1, 0.15) is 51.0 Å². The monoisotopic (exact) mass is 282 g/mol. The van der Waals surface area contributed by atoms with Gasteiger partial charge in [-0.15, -0.1) is 0 Å². The number of rotatable bonds is 4. The fraction of sp³-hybridized carbons (Fsp3) is 0.714. The number of hydrogen-bond donors (Lipinski definition) is 2. The molecule has 1 aromatic rings. The summed E-state index contributed by atoms with van der Waals surface area (Å²) in [5, 5.41) is 0.